The van der Waals surface area contributed by atoms with E-state index in [1.807, 2.05) is 11.3 Å². The van der Waals surface area contributed by atoms with Gasteiger partial charge in [0.25, 0.3) is 0 Å². The number of anilines is 3. The first-order chi connectivity index (χ1) is 27.3. The van der Waals surface area contributed by atoms with Crippen LogP contribution in [0.15, 0.2) is 206 Å². The summed E-state index contributed by atoms with van der Waals surface area (Å²) >= 11 is 1.92. The quantitative estimate of drug-likeness (QED) is 0.166. The molecule has 0 aliphatic carbocycles. The maximum atomic E-state index is 2.48. The molecule has 55 heavy (non-hydrogen) atoms. The van der Waals surface area contributed by atoms with Gasteiger partial charge in [0.1, 0.15) is 0 Å². The van der Waals surface area contributed by atoms with Crippen molar-refractivity contribution in [1.29, 1.82) is 0 Å². The van der Waals surface area contributed by atoms with Gasteiger partial charge in [-0.2, -0.15) is 0 Å². The molecule has 0 amide bonds. The molecule has 0 N–H and O–H groups in total. The number of hydrogen-bond acceptors (Lipinski definition) is 2. The molecule has 0 bridgehead atoms. The van der Waals surface area contributed by atoms with Crippen molar-refractivity contribution in [3.8, 4) is 27.9 Å². The fourth-order valence-electron chi connectivity index (χ4n) is 8.46. The lowest BCUT2D eigenvalue weighted by molar-refractivity contribution is 1.19. The van der Waals surface area contributed by atoms with E-state index >= 15 is 0 Å². The van der Waals surface area contributed by atoms with Crippen molar-refractivity contribution in [2.45, 2.75) is 0 Å². The lowest BCUT2D eigenvalue weighted by atomic mass is 9.97. The highest BCUT2D eigenvalue weighted by Gasteiger charge is 2.22. The summed E-state index contributed by atoms with van der Waals surface area (Å²) in [7, 11) is 0. The highest BCUT2D eigenvalue weighted by molar-refractivity contribution is 7.27. The number of hydrogen-bond donors (Lipinski definition) is 0. The molecule has 11 rings (SSSR count). The first-order valence-electron chi connectivity index (χ1n) is 18.8. The molecule has 0 radical (unpaired) electrons. The van der Waals surface area contributed by atoms with Crippen molar-refractivity contribution < 1.29 is 0 Å². The van der Waals surface area contributed by atoms with Crippen LogP contribution in [0, 0.1) is 0 Å². The van der Waals surface area contributed by atoms with Gasteiger partial charge >= 0.3 is 0 Å². The number of benzene rings is 9. The van der Waals surface area contributed by atoms with E-state index in [0.717, 1.165) is 17.1 Å². The Hall–Kier alpha value is -6.94. The van der Waals surface area contributed by atoms with Crippen LogP contribution in [0.4, 0.5) is 17.1 Å². The third-order valence-electron chi connectivity index (χ3n) is 10.9. The van der Waals surface area contributed by atoms with E-state index in [4.69, 9.17) is 0 Å². The summed E-state index contributed by atoms with van der Waals surface area (Å²) in [5.41, 5.74) is 11.9. The minimum Gasteiger partial charge on any atom is -0.311 e. The second-order valence-electron chi connectivity index (χ2n) is 14.1. The minimum absolute atomic E-state index is 1.12. The number of nitrogens with zero attached hydrogens (tertiary/aromatic N) is 2. The SMILES string of the molecule is c1ccc(-c2ccc3sc4c(c3c2)c2ccccc2c2c4c3cc(-c4ccc(N(c5ccccc5)c5ccccc5)cc4)ccc3n2-c2ccccc2)cc1. The summed E-state index contributed by atoms with van der Waals surface area (Å²) in [5, 5.41) is 7.79. The monoisotopic (exact) mass is 718 g/mol. The standard InChI is InChI=1S/C52H34N2S/c1-5-15-35(16-6-1)38-28-32-48-46(34-38)49-43-23-13-14-24-44(43)51-50(52(49)55-48)45-33-37(27-31-47(45)54(51)41-21-11-4-12-22-41)36-25-29-42(30-26-36)53(39-17-7-2-8-18-39)40-19-9-3-10-20-40/h1-34H. The Morgan fingerprint density at radius 3 is 1.55 bits per heavy atom. The molecule has 0 spiro atoms. The summed E-state index contributed by atoms with van der Waals surface area (Å²) in [6, 6.07) is 74.8. The highest BCUT2D eigenvalue weighted by Crippen LogP contribution is 2.49. The van der Waals surface area contributed by atoms with Crippen LogP contribution in [0.25, 0.3) is 80.7 Å². The molecule has 0 saturated carbocycles. The normalized spacial score (nSPS) is 11.6. The highest BCUT2D eigenvalue weighted by atomic mass is 32.1. The number of para-hydroxylation sites is 3. The van der Waals surface area contributed by atoms with E-state index < -0.39 is 0 Å². The third-order valence-corrected chi connectivity index (χ3v) is 12.1. The van der Waals surface area contributed by atoms with E-state index in [0.29, 0.717) is 0 Å². The molecule has 11 aromatic rings. The van der Waals surface area contributed by atoms with Crippen molar-refractivity contribution in [2.75, 3.05) is 4.90 Å². The van der Waals surface area contributed by atoms with Crippen LogP contribution >= 0.6 is 11.3 Å². The summed E-state index contributed by atoms with van der Waals surface area (Å²) in [4.78, 5) is 2.31. The van der Waals surface area contributed by atoms with Gasteiger partial charge in [0.2, 0.25) is 0 Å². The van der Waals surface area contributed by atoms with Gasteiger partial charge in [-0.1, -0.05) is 133 Å². The van der Waals surface area contributed by atoms with E-state index in [-0.39, 0.29) is 0 Å². The van der Waals surface area contributed by atoms with Crippen molar-refractivity contribution >= 4 is 81.1 Å². The Morgan fingerprint density at radius 2 is 0.873 bits per heavy atom. The van der Waals surface area contributed by atoms with Crippen LogP contribution in [-0.2, 0) is 0 Å². The Morgan fingerprint density at radius 1 is 0.364 bits per heavy atom. The first kappa shape index (κ1) is 31.6. The van der Waals surface area contributed by atoms with Crippen LogP contribution in [0.2, 0.25) is 0 Å². The maximum Gasteiger partial charge on any atom is 0.0634 e. The molecular weight excluding hydrogens is 685 g/mol. The van der Waals surface area contributed by atoms with E-state index in [1.165, 1.54) is 80.7 Å². The molecule has 0 aliphatic rings. The van der Waals surface area contributed by atoms with Gasteiger partial charge in [-0.05, 0) is 100 Å². The molecule has 0 unspecified atom stereocenters. The zero-order valence-electron chi connectivity index (χ0n) is 29.9. The predicted molar refractivity (Wildman–Crippen MR) is 237 cm³/mol. The molecule has 9 aromatic carbocycles. The van der Waals surface area contributed by atoms with Gasteiger partial charge < -0.3 is 9.47 Å². The van der Waals surface area contributed by atoms with Crippen LogP contribution in [-0.4, -0.2) is 4.57 Å². The summed E-state index contributed by atoms with van der Waals surface area (Å²) in [5.74, 6) is 0. The number of aromatic nitrogens is 1. The fourth-order valence-corrected chi connectivity index (χ4v) is 9.72. The van der Waals surface area contributed by atoms with E-state index in [9.17, 15) is 0 Å². The number of rotatable bonds is 6. The lowest BCUT2D eigenvalue weighted by Gasteiger charge is -2.25. The van der Waals surface area contributed by atoms with Crippen molar-refractivity contribution in [3.63, 3.8) is 0 Å². The Labute approximate surface area is 323 Å². The zero-order chi connectivity index (χ0) is 36.3. The average molecular weight is 719 g/mol. The first-order valence-corrected chi connectivity index (χ1v) is 19.6. The molecule has 0 saturated heterocycles. The third kappa shape index (κ3) is 5.16. The second-order valence-corrected chi connectivity index (χ2v) is 15.2. The van der Waals surface area contributed by atoms with E-state index in [1.54, 1.807) is 0 Å². The van der Waals surface area contributed by atoms with Gasteiger partial charge in [0.15, 0.2) is 0 Å². The summed E-state index contributed by atoms with van der Waals surface area (Å²) in [6.45, 7) is 0. The van der Waals surface area contributed by atoms with Crippen molar-refractivity contribution in [2.24, 2.45) is 0 Å². The Balaban J connectivity index is 1.16. The van der Waals surface area contributed by atoms with Crippen LogP contribution in [0.3, 0.4) is 0 Å². The molecule has 2 aromatic heterocycles. The largest absolute Gasteiger partial charge is 0.311 e. The van der Waals surface area contributed by atoms with Gasteiger partial charge in [-0.25, -0.2) is 0 Å². The molecule has 0 atom stereocenters. The fraction of sp³-hybridized carbons (Fsp3) is 0. The minimum atomic E-state index is 1.12. The molecule has 2 nitrogen and oxygen atoms in total. The molecule has 258 valence electrons. The van der Waals surface area contributed by atoms with Gasteiger partial charge in [0.05, 0.1) is 11.0 Å². The van der Waals surface area contributed by atoms with Crippen LogP contribution in [0.1, 0.15) is 0 Å². The van der Waals surface area contributed by atoms with Crippen molar-refractivity contribution in [3.05, 3.63) is 206 Å². The molecular formula is C52H34N2S. The van der Waals surface area contributed by atoms with Crippen LogP contribution in [0.5, 0.6) is 0 Å². The van der Waals surface area contributed by atoms with Gasteiger partial charge in [-0.3, -0.25) is 0 Å². The van der Waals surface area contributed by atoms with E-state index in [2.05, 4.69) is 216 Å². The molecule has 0 aliphatic heterocycles. The molecule has 2 heterocycles. The number of thiophene rings is 1. The Bertz CT molecular complexity index is 3120. The van der Waals surface area contributed by atoms with Crippen LogP contribution < -0.4 is 4.90 Å². The van der Waals surface area contributed by atoms with Crippen molar-refractivity contribution in [1.82, 2.24) is 4.57 Å². The lowest BCUT2D eigenvalue weighted by Crippen LogP contribution is -2.09. The summed E-state index contributed by atoms with van der Waals surface area (Å²) in [6.07, 6.45) is 0. The topological polar surface area (TPSA) is 8.17 Å². The smallest absolute Gasteiger partial charge is 0.0634 e. The number of fused-ring (bicyclic) bond motifs is 10. The maximum absolute atomic E-state index is 2.48. The molecule has 0 fully saturated rings. The zero-order valence-corrected chi connectivity index (χ0v) is 30.7. The predicted octanol–water partition coefficient (Wildman–Crippen LogP) is 15.1. The van der Waals surface area contributed by atoms with Gasteiger partial charge in [0, 0.05) is 59.1 Å². The van der Waals surface area contributed by atoms with Gasteiger partial charge in [-0.15, -0.1) is 11.3 Å². The average Bonchev–Trinajstić information content (AvgIpc) is 3.82. The molecule has 3 heteroatoms. The second kappa shape index (κ2) is 12.9. The Kier molecular flexibility index (Phi) is 7.39. The summed E-state index contributed by atoms with van der Waals surface area (Å²) < 4.78 is 5.12.